The standard InChI is InChI=1S/C24H42N4O2/c1-3-4-5-6-7-9-18-26-23(30)28-19-10-8-11-22(28)27-21-12-14-24(15-13-21,16-17-25)20(2)29/h12-14,22,27H,3-11,15-19,25H2,1-2H3,(H,26,30). The summed E-state index contributed by atoms with van der Waals surface area (Å²) in [6, 6.07) is 0.0300. The van der Waals surface area contributed by atoms with Crippen LogP contribution in [0, 0.1) is 5.41 Å². The van der Waals surface area contributed by atoms with Gasteiger partial charge in [0.25, 0.3) is 0 Å². The Bertz CT molecular complexity index is 616. The molecule has 170 valence electrons. The number of nitrogens with zero attached hydrogens (tertiary/aromatic N) is 1. The number of hydrogen-bond acceptors (Lipinski definition) is 4. The molecule has 2 atom stereocenters. The van der Waals surface area contributed by atoms with Gasteiger partial charge in [0.2, 0.25) is 0 Å². The molecule has 6 nitrogen and oxygen atoms in total. The minimum atomic E-state index is -0.472. The average molecular weight is 419 g/mol. The molecule has 2 aliphatic rings. The monoisotopic (exact) mass is 418 g/mol. The lowest BCUT2D eigenvalue weighted by Crippen LogP contribution is -2.54. The summed E-state index contributed by atoms with van der Waals surface area (Å²) in [6.45, 7) is 5.89. The summed E-state index contributed by atoms with van der Waals surface area (Å²) in [5.74, 6) is 0.160. The van der Waals surface area contributed by atoms with Crippen LogP contribution in [0.2, 0.25) is 0 Å². The lowest BCUT2D eigenvalue weighted by atomic mass is 9.75. The van der Waals surface area contributed by atoms with Crippen molar-refractivity contribution in [3.05, 3.63) is 23.9 Å². The summed E-state index contributed by atoms with van der Waals surface area (Å²) in [7, 11) is 0. The van der Waals surface area contributed by atoms with Crippen LogP contribution in [0.15, 0.2) is 23.9 Å². The summed E-state index contributed by atoms with van der Waals surface area (Å²) in [4.78, 5) is 26.8. The third kappa shape index (κ3) is 7.15. The Labute approximate surface area is 182 Å². The number of nitrogens with one attached hydrogen (secondary N) is 2. The lowest BCUT2D eigenvalue weighted by Gasteiger charge is -2.38. The Kier molecular flexibility index (Phi) is 10.4. The van der Waals surface area contributed by atoms with Crippen molar-refractivity contribution in [1.82, 2.24) is 15.5 Å². The SMILES string of the molecule is CCCCCCCCNC(=O)N1CCCCC1NC1=CCC(CCN)(C(C)=O)C=C1. The predicted octanol–water partition coefficient (Wildman–Crippen LogP) is 4.23. The van der Waals surface area contributed by atoms with E-state index in [1.54, 1.807) is 6.92 Å². The maximum atomic E-state index is 12.7. The Morgan fingerprint density at radius 1 is 1.20 bits per heavy atom. The first-order valence-electron chi connectivity index (χ1n) is 11.9. The maximum absolute atomic E-state index is 12.7. The van der Waals surface area contributed by atoms with Gasteiger partial charge in [0.15, 0.2) is 0 Å². The first-order valence-corrected chi connectivity index (χ1v) is 11.9. The second-order valence-corrected chi connectivity index (χ2v) is 8.80. The summed E-state index contributed by atoms with van der Waals surface area (Å²) >= 11 is 0. The summed E-state index contributed by atoms with van der Waals surface area (Å²) in [5.41, 5.74) is 6.24. The van der Waals surface area contributed by atoms with Crippen LogP contribution in [0.3, 0.4) is 0 Å². The first-order chi connectivity index (χ1) is 14.5. The summed E-state index contributed by atoms with van der Waals surface area (Å²) < 4.78 is 0. The molecular formula is C24H42N4O2. The third-order valence-electron chi connectivity index (χ3n) is 6.46. The first kappa shape index (κ1) is 24.4. The van der Waals surface area contributed by atoms with Crippen LogP contribution in [0.25, 0.3) is 0 Å². The molecule has 0 aromatic heterocycles. The van der Waals surface area contributed by atoms with E-state index in [-0.39, 0.29) is 18.0 Å². The zero-order chi connectivity index (χ0) is 21.8. The van der Waals surface area contributed by atoms with E-state index in [1.165, 1.54) is 32.1 Å². The molecule has 0 aromatic rings. The number of carbonyl (C=O) groups is 2. The van der Waals surface area contributed by atoms with E-state index < -0.39 is 5.41 Å². The molecule has 2 amide bonds. The summed E-state index contributed by atoms with van der Waals surface area (Å²) in [5, 5.41) is 6.64. The number of rotatable bonds is 12. The molecule has 2 unspecified atom stereocenters. The van der Waals surface area contributed by atoms with Crippen LogP contribution < -0.4 is 16.4 Å². The molecule has 0 bridgehead atoms. The number of piperidine rings is 1. The van der Waals surface area contributed by atoms with Gasteiger partial charge in [-0.15, -0.1) is 0 Å². The zero-order valence-electron chi connectivity index (χ0n) is 19.0. The van der Waals surface area contributed by atoms with Gasteiger partial charge in [-0.3, -0.25) is 4.79 Å². The number of hydrogen-bond donors (Lipinski definition) is 3. The maximum Gasteiger partial charge on any atom is 0.319 e. The molecule has 1 aliphatic heterocycles. The number of likely N-dealkylation sites (tertiary alicyclic amines) is 1. The van der Waals surface area contributed by atoms with E-state index in [4.69, 9.17) is 5.73 Å². The van der Waals surface area contributed by atoms with E-state index in [1.807, 2.05) is 17.1 Å². The minimum Gasteiger partial charge on any atom is -0.365 e. The molecule has 6 heteroatoms. The predicted molar refractivity (Wildman–Crippen MR) is 123 cm³/mol. The van der Waals surface area contributed by atoms with Crippen molar-refractivity contribution in [3.63, 3.8) is 0 Å². The molecule has 1 aliphatic carbocycles. The van der Waals surface area contributed by atoms with Gasteiger partial charge < -0.3 is 21.3 Å². The number of unbranched alkanes of at least 4 members (excludes halogenated alkanes) is 5. The highest BCUT2D eigenvalue weighted by Crippen LogP contribution is 2.34. The van der Waals surface area contributed by atoms with E-state index in [9.17, 15) is 9.59 Å². The minimum absolute atomic E-state index is 0.00135. The van der Waals surface area contributed by atoms with Gasteiger partial charge in [0, 0.05) is 18.8 Å². The van der Waals surface area contributed by atoms with Gasteiger partial charge in [0.1, 0.15) is 11.9 Å². The van der Waals surface area contributed by atoms with Crippen LogP contribution in [-0.2, 0) is 4.79 Å². The molecule has 4 N–H and O–H groups in total. The van der Waals surface area contributed by atoms with Gasteiger partial charge in [-0.25, -0.2) is 4.79 Å². The Hall–Kier alpha value is -1.82. The fraction of sp³-hybridized carbons (Fsp3) is 0.750. The molecular weight excluding hydrogens is 376 g/mol. The molecule has 2 rings (SSSR count). The van der Waals surface area contributed by atoms with Crippen molar-refractivity contribution in [2.45, 2.75) is 90.6 Å². The molecule has 0 aromatic carbocycles. The van der Waals surface area contributed by atoms with Crippen molar-refractivity contribution in [3.8, 4) is 0 Å². The molecule has 1 fully saturated rings. The Balaban J connectivity index is 1.83. The number of urea groups is 1. The molecule has 0 saturated carbocycles. The molecule has 0 radical (unpaired) electrons. The van der Waals surface area contributed by atoms with Crippen LogP contribution >= 0.6 is 0 Å². The topological polar surface area (TPSA) is 87.5 Å². The van der Waals surface area contributed by atoms with Crippen molar-refractivity contribution < 1.29 is 9.59 Å². The van der Waals surface area contributed by atoms with Gasteiger partial charge in [0.05, 0.1) is 5.41 Å². The largest absolute Gasteiger partial charge is 0.365 e. The van der Waals surface area contributed by atoms with Crippen LogP contribution in [0.4, 0.5) is 4.79 Å². The smallest absolute Gasteiger partial charge is 0.319 e. The van der Waals surface area contributed by atoms with Crippen LogP contribution in [-0.4, -0.2) is 42.5 Å². The number of allylic oxidation sites excluding steroid dienone is 3. The van der Waals surface area contributed by atoms with Gasteiger partial charge in [-0.2, -0.15) is 0 Å². The Morgan fingerprint density at radius 3 is 2.63 bits per heavy atom. The van der Waals surface area contributed by atoms with Crippen molar-refractivity contribution in [1.29, 1.82) is 0 Å². The normalized spacial score (nSPS) is 23.8. The second-order valence-electron chi connectivity index (χ2n) is 8.80. The highest BCUT2D eigenvalue weighted by Gasteiger charge is 2.33. The van der Waals surface area contributed by atoms with E-state index in [2.05, 4.69) is 23.6 Å². The van der Waals surface area contributed by atoms with E-state index in [0.29, 0.717) is 19.4 Å². The van der Waals surface area contributed by atoms with Crippen molar-refractivity contribution >= 4 is 11.8 Å². The quantitative estimate of drug-likeness (QED) is 0.414. The molecule has 0 spiro atoms. The van der Waals surface area contributed by atoms with Crippen molar-refractivity contribution in [2.24, 2.45) is 11.1 Å². The number of ketones is 1. The molecule has 1 heterocycles. The van der Waals surface area contributed by atoms with Crippen LogP contribution in [0.5, 0.6) is 0 Å². The van der Waals surface area contributed by atoms with Gasteiger partial charge >= 0.3 is 6.03 Å². The molecule has 30 heavy (non-hydrogen) atoms. The van der Waals surface area contributed by atoms with E-state index in [0.717, 1.165) is 44.5 Å². The number of Topliss-reactive ketones (excluding diaryl/α,β-unsaturated/α-hetero) is 1. The zero-order valence-corrected chi connectivity index (χ0v) is 19.0. The number of nitrogens with two attached hydrogens (primary N) is 1. The van der Waals surface area contributed by atoms with E-state index >= 15 is 0 Å². The second kappa shape index (κ2) is 12.8. The third-order valence-corrected chi connectivity index (χ3v) is 6.46. The molecule has 1 saturated heterocycles. The van der Waals surface area contributed by atoms with Crippen LogP contribution in [0.1, 0.15) is 84.5 Å². The van der Waals surface area contributed by atoms with Gasteiger partial charge in [-0.1, -0.05) is 51.2 Å². The fourth-order valence-electron chi connectivity index (χ4n) is 4.38. The highest BCUT2D eigenvalue weighted by molar-refractivity contribution is 5.85. The fourth-order valence-corrected chi connectivity index (χ4v) is 4.38. The number of amides is 2. The summed E-state index contributed by atoms with van der Waals surface area (Å²) in [6.07, 6.45) is 17.8. The van der Waals surface area contributed by atoms with Crippen molar-refractivity contribution in [2.75, 3.05) is 19.6 Å². The average Bonchev–Trinajstić information content (AvgIpc) is 2.75. The Morgan fingerprint density at radius 2 is 1.97 bits per heavy atom. The highest BCUT2D eigenvalue weighted by atomic mass is 16.2. The van der Waals surface area contributed by atoms with Gasteiger partial charge in [-0.05, 0) is 58.1 Å². The number of carbonyl (C=O) groups excluding carboxylic acids is 2. The lowest BCUT2D eigenvalue weighted by molar-refractivity contribution is -0.124.